The van der Waals surface area contributed by atoms with Crippen LogP contribution < -0.4 is 5.32 Å². The van der Waals surface area contributed by atoms with Crippen molar-refractivity contribution in [2.24, 2.45) is 7.05 Å². The lowest BCUT2D eigenvalue weighted by atomic mass is 10.3. The molecule has 2 rings (SSSR count). The predicted octanol–water partition coefficient (Wildman–Crippen LogP) is -0.0646. The maximum Gasteiger partial charge on any atom is 0.146 e. The van der Waals surface area contributed by atoms with E-state index in [2.05, 4.69) is 20.4 Å². The van der Waals surface area contributed by atoms with Gasteiger partial charge >= 0.3 is 0 Å². The number of aryl methyl sites for hydroxylation is 1. The number of aromatic nitrogens is 3. The second kappa shape index (κ2) is 6.82. The molecule has 0 unspecified atom stereocenters. The van der Waals surface area contributed by atoms with E-state index in [0.29, 0.717) is 0 Å². The Labute approximate surface area is 108 Å². The van der Waals surface area contributed by atoms with E-state index >= 15 is 0 Å². The van der Waals surface area contributed by atoms with Crippen LogP contribution in [0.2, 0.25) is 0 Å². The molecule has 2 heterocycles. The molecule has 1 aliphatic heterocycles. The molecule has 0 amide bonds. The summed E-state index contributed by atoms with van der Waals surface area (Å²) in [6.45, 7) is 8.83. The molecule has 0 aromatic carbocycles. The fourth-order valence-electron chi connectivity index (χ4n) is 2.06. The first kappa shape index (κ1) is 13.5. The number of morpholine rings is 1. The van der Waals surface area contributed by atoms with E-state index < -0.39 is 0 Å². The van der Waals surface area contributed by atoms with E-state index in [-0.39, 0.29) is 0 Å². The van der Waals surface area contributed by atoms with Crippen LogP contribution in [0.3, 0.4) is 0 Å². The molecule has 0 bridgehead atoms. The fraction of sp³-hybridized carbons (Fsp3) is 0.833. The average molecular weight is 253 g/mol. The molecule has 0 radical (unpaired) electrons. The molecule has 18 heavy (non-hydrogen) atoms. The van der Waals surface area contributed by atoms with E-state index in [1.165, 1.54) is 0 Å². The van der Waals surface area contributed by atoms with Gasteiger partial charge in [-0.3, -0.25) is 4.90 Å². The third kappa shape index (κ3) is 3.76. The van der Waals surface area contributed by atoms with Crippen LogP contribution in [0, 0.1) is 6.92 Å². The van der Waals surface area contributed by atoms with Crippen molar-refractivity contribution >= 4 is 0 Å². The summed E-state index contributed by atoms with van der Waals surface area (Å²) >= 11 is 0. The first-order valence-corrected chi connectivity index (χ1v) is 6.63. The van der Waals surface area contributed by atoms with E-state index in [0.717, 1.165) is 64.0 Å². The highest BCUT2D eigenvalue weighted by atomic mass is 16.5. The molecule has 102 valence electrons. The molecule has 6 heteroatoms. The normalized spacial score (nSPS) is 17.2. The monoisotopic (exact) mass is 253 g/mol. The van der Waals surface area contributed by atoms with Gasteiger partial charge in [-0.25, -0.2) is 0 Å². The molecule has 0 atom stereocenters. The first-order valence-electron chi connectivity index (χ1n) is 6.63. The number of nitrogens with one attached hydrogen (secondary N) is 1. The maximum absolute atomic E-state index is 5.33. The number of nitrogens with zero attached hydrogens (tertiary/aromatic N) is 4. The van der Waals surface area contributed by atoms with E-state index in [1.54, 1.807) is 0 Å². The van der Waals surface area contributed by atoms with Gasteiger partial charge in [-0.05, 0) is 26.4 Å². The lowest BCUT2D eigenvalue weighted by molar-refractivity contribution is 0.0374. The van der Waals surface area contributed by atoms with Gasteiger partial charge in [0.2, 0.25) is 0 Å². The minimum absolute atomic E-state index is 0.792. The maximum atomic E-state index is 5.33. The lowest BCUT2D eigenvalue weighted by Gasteiger charge is -2.26. The van der Waals surface area contributed by atoms with Gasteiger partial charge in [-0.15, -0.1) is 10.2 Å². The van der Waals surface area contributed by atoms with Crippen molar-refractivity contribution in [3.05, 3.63) is 11.6 Å². The standard InChI is InChI=1S/C12H23N5O/c1-11-14-15-12(16(11)2)10-13-4-3-5-17-6-8-18-9-7-17/h13H,3-10H2,1-2H3. The first-order chi connectivity index (χ1) is 8.77. The van der Waals surface area contributed by atoms with Crippen LogP contribution in [0.5, 0.6) is 0 Å². The second-order valence-corrected chi connectivity index (χ2v) is 4.71. The number of hydrogen-bond donors (Lipinski definition) is 1. The Morgan fingerprint density at radius 1 is 1.28 bits per heavy atom. The van der Waals surface area contributed by atoms with Gasteiger partial charge in [-0.1, -0.05) is 0 Å². The third-order valence-electron chi connectivity index (χ3n) is 3.40. The van der Waals surface area contributed by atoms with Gasteiger partial charge in [0.1, 0.15) is 11.6 Å². The third-order valence-corrected chi connectivity index (χ3v) is 3.40. The van der Waals surface area contributed by atoms with E-state index in [9.17, 15) is 0 Å². The number of ether oxygens (including phenoxy) is 1. The predicted molar refractivity (Wildman–Crippen MR) is 69.3 cm³/mol. The Kier molecular flexibility index (Phi) is 5.10. The molecule has 1 saturated heterocycles. The summed E-state index contributed by atoms with van der Waals surface area (Å²) < 4.78 is 7.35. The Hall–Kier alpha value is -0.980. The summed E-state index contributed by atoms with van der Waals surface area (Å²) in [5.74, 6) is 1.96. The molecule has 0 spiro atoms. The van der Waals surface area contributed by atoms with Crippen LogP contribution in [-0.4, -0.2) is 59.1 Å². The van der Waals surface area contributed by atoms with Gasteiger partial charge < -0.3 is 14.6 Å². The summed E-state index contributed by atoms with van der Waals surface area (Å²) in [6.07, 6.45) is 1.16. The molecule has 1 fully saturated rings. The molecule has 1 aromatic heterocycles. The second-order valence-electron chi connectivity index (χ2n) is 4.71. The summed E-state index contributed by atoms with van der Waals surface area (Å²) in [6, 6.07) is 0. The zero-order valence-corrected chi connectivity index (χ0v) is 11.4. The van der Waals surface area contributed by atoms with Crippen LogP contribution in [-0.2, 0) is 18.3 Å². The molecule has 6 nitrogen and oxygen atoms in total. The topological polar surface area (TPSA) is 55.2 Å². The van der Waals surface area contributed by atoms with Crippen molar-refractivity contribution in [2.45, 2.75) is 19.9 Å². The lowest BCUT2D eigenvalue weighted by Crippen LogP contribution is -2.37. The van der Waals surface area contributed by atoms with Crippen molar-refractivity contribution in [3.63, 3.8) is 0 Å². The van der Waals surface area contributed by atoms with Crippen molar-refractivity contribution < 1.29 is 4.74 Å². The largest absolute Gasteiger partial charge is 0.379 e. The fourth-order valence-corrected chi connectivity index (χ4v) is 2.06. The SMILES string of the molecule is Cc1nnc(CNCCCN2CCOCC2)n1C. The van der Waals surface area contributed by atoms with Gasteiger partial charge in [0.25, 0.3) is 0 Å². The summed E-state index contributed by atoms with van der Waals surface area (Å²) in [5.41, 5.74) is 0. The zero-order chi connectivity index (χ0) is 12.8. The minimum atomic E-state index is 0.792. The number of rotatable bonds is 6. The smallest absolute Gasteiger partial charge is 0.146 e. The Balaban J connectivity index is 1.57. The summed E-state index contributed by atoms with van der Waals surface area (Å²) in [7, 11) is 2.00. The highest BCUT2D eigenvalue weighted by Gasteiger charge is 2.09. The molecular weight excluding hydrogens is 230 g/mol. The molecule has 1 aromatic rings. The van der Waals surface area contributed by atoms with E-state index in [4.69, 9.17) is 4.74 Å². The Morgan fingerprint density at radius 2 is 2.06 bits per heavy atom. The molecule has 0 saturated carbocycles. The van der Waals surface area contributed by atoms with Crippen LogP contribution in [0.25, 0.3) is 0 Å². The Morgan fingerprint density at radius 3 is 2.72 bits per heavy atom. The Bertz CT molecular complexity index is 359. The zero-order valence-electron chi connectivity index (χ0n) is 11.4. The quantitative estimate of drug-likeness (QED) is 0.720. The van der Waals surface area contributed by atoms with Crippen LogP contribution in [0.1, 0.15) is 18.1 Å². The molecular formula is C12H23N5O. The highest BCUT2D eigenvalue weighted by molar-refractivity contribution is 4.91. The van der Waals surface area contributed by atoms with Gasteiger partial charge in [0.15, 0.2) is 0 Å². The van der Waals surface area contributed by atoms with Crippen LogP contribution in [0.4, 0.5) is 0 Å². The number of hydrogen-bond acceptors (Lipinski definition) is 5. The van der Waals surface area contributed by atoms with Crippen molar-refractivity contribution in [2.75, 3.05) is 39.4 Å². The van der Waals surface area contributed by atoms with Crippen molar-refractivity contribution in [3.8, 4) is 0 Å². The molecule has 1 aliphatic rings. The van der Waals surface area contributed by atoms with E-state index in [1.807, 2.05) is 18.5 Å². The van der Waals surface area contributed by atoms with Crippen LogP contribution >= 0.6 is 0 Å². The molecule has 0 aliphatic carbocycles. The summed E-state index contributed by atoms with van der Waals surface area (Å²) in [5, 5.41) is 11.6. The van der Waals surface area contributed by atoms with Gasteiger partial charge in [0.05, 0.1) is 19.8 Å². The highest BCUT2D eigenvalue weighted by Crippen LogP contribution is 1.98. The summed E-state index contributed by atoms with van der Waals surface area (Å²) in [4.78, 5) is 2.46. The van der Waals surface area contributed by atoms with Crippen LogP contribution in [0.15, 0.2) is 0 Å². The van der Waals surface area contributed by atoms with Crippen molar-refractivity contribution in [1.82, 2.24) is 25.0 Å². The average Bonchev–Trinajstić information content (AvgIpc) is 2.71. The van der Waals surface area contributed by atoms with Gasteiger partial charge in [-0.2, -0.15) is 0 Å². The van der Waals surface area contributed by atoms with Gasteiger partial charge in [0, 0.05) is 20.1 Å². The van der Waals surface area contributed by atoms with Crippen molar-refractivity contribution in [1.29, 1.82) is 0 Å². The minimum Gasteiger partial charge on any atom is -0.379 e. The molecule has 1 N–H and O–H groups in total.